The Hall–Kier alpha value is -1.26. The van der Waals surface area contributed by atoms with Gasteiger partial charge >= 0.3 is 0 Å². The van der Waals surface area contributed by atoms with Gasteiger partial charge in [0.15, 0.2) is 0 Å². The second kappa shape index (κ2) is 3.89. The molecule has 0 heterocycles. The molecule has 5 heteroatoms. The van der Waals surface area contributed by atoms with Crippen molar-refractivity contribution < 1.29 is 8.42 Å². The van der Waals surface area contributed by atoms with Crippen LogP contribution in [0.15, 0.2) is 29.2 Å². The van der Waals surface area contributed by atoms with Gasteiger partial charge in [0, 0.05) is 27.1 Å². The van der Waals surface area contributed by atoms with Gasteiger partial charge in [0.1, 0.15) is 0 Å². The molecule has 0 aliphatic rings. The Morgan fingerprint density at radius 3 is 2.41 bits per heavy atom. The number of hydrogen-bond acceptors (Lipinski definition) is 3. The maximum Gasteiger partial charge on any atom is 0.261 e. The lowest BCUT2D eigenvalue weighted by Gasteiger charge is -2.11. The monoisotopic (exact) mass is 269 g/mol. The molecule has 3 nitrogen and oxygen atoms in total. The lowest BCUT2D eigenvalue weighted by molar-refractivity contribution is 0.610. The minimum atomic E-state index is -3.76. The Morgan fingerprint density at radius 2 is 1.82 bits per heavy atom. The van der Waals surface area contributed by atoms with Crippen molar-refractivity contribution in [3.63, 3.8) is 0 Å². The van der Waals surface area contributed by atoms with Crippen LogP contribution in [0.2, 0.25) is 0 Å². The Kier molecular flexibility index (Phi) is 2.79. The third-order valence-electron chi connectivity index (χ3n) is 2.98. The lowest BCUT2D eigenvalue weighted by Crippen LogP contribution is -1.98. The topological polar surface area (TPSA) is 60.2 Å². The molecule has 0 atom stereocenters. The van der Waals surface area contributed by atoms with E-state index in [0.717, 1.165) is 16.5 Å². The van der Waals surface area contributed by atoms with Gasteiger partial charge in [-0.1, -0.05) is 12.1 Å². The van der Waals surface area contributed by atoms with Crippen LogP contribution in [0.25, 0.3) is 10.8 Å². The van der Waals surface area contributed by atoms with Gasteiger partial charge in [-0.15, -0.1) is 0 Å². The maximum atomic E-state index is 11.5. The third kappa shape index (κ3) is 1.98. The molecule has 0 aromatic heterocycles. The Morgan fingerprint density at radius 1 is 1.18 bits per heavy atom. The molecule has 0 amide bonds. The summed E-state index contributed by atoms with van der Waals surface area (Å²) in [5, 5.41) is 1.29. The summed E-state index contributed by atoms with van der Waals surface area (Å²) >= 11 is 0. The van der Waals surface area contributed by atoms with Gasteiger partial charge < -0.3 is 5.73 Å². The van der Waals surface area contributed by atoms with Crippen LogP contribution in [0, 0.1) is 13.8 Å². The second-order valence-electron chi connectivity index (χ2n) is 4.02. The highest BCUT2D eigenvalue weighted by atomic mass is 35.7. The number of aryl methyl sites for hydroxylation is 1. The molecule has 0 radical (unpaired) electrons. The molecule has 0 fully saturated rings. The van der Waals surface area contributed by atoms with Crippen LogP contribution in [0.1, 0.15) is 11.1 Å². The second-order valence-corrected chi connectivity index (χ2v) is 6.56. The number of anilines is 1. The summed E-state index contributed by atoms with van der Waals surface area (Å²) in [6.45, 7) is 3.80. The number of halogens is 1. The number of nitrogen functional groups attached to an aromatic ring is 1. The number of fused-ring (bicyclic) bond motifs is 1. The minimum Gasteiger partial charge on any atom is -0.398 e. The first-order chi connectivity index (χ1) is 7.82. The van der Waals surface area contributed by atoms with Gasteiger partial charge in [0.25, 0.3) is 9.05 Å². The molecule has 0 saturated heterocycles. The van der Waals surface area contributed by atoms with E-state index in [1.54, 1.807) is 18.2 Å². The van der Waals surface area contributed by atoms with Crippen molar-refractivity contribution in [1.82, 2.24) is 0 Å². The van der Waals surface area contributed by atoms with E-state index in [1.807, 2.05) is 13.8 Å². The molecule has 0 aliphatic carbocycles. The molecular formula is C12H12ClNO2S. The van der Waals surface area contributed by atoms with Crippen molar-refractivity contribution in [3.8, 4) is 0 Å². The van der Waals surface area contributed by atoms with Gasteiger partial charge in [-0.25, -0.2) is 8.42 Å². The standard InChI is InChI=1S/C12H12ClNO2S/c1-7-6-10-9(12(14)8(7)2)4-3-5-11(10)17(13,15)16/h3-6H,14H2,1-2H3. The van der Waals surface area contributed by atoms with Crippen molar-refractivity contribution in [1.29, 1.82) is 0 Å². The number of nitrogens with two attached hydrogens (primary N) is 1. The van der Waals surface area contributed by atoms with E-state index >= 15 is 0 Å². The van der Waals surface area contributed by atoms with E-state index in [0.29, 0.717) is 11.1 Å². The summed E-state index contributed by atoms with van der Waals surface area (Å²) in [4.78, 5) is 0.103. The number of benzene rings is 2. The first-order valence-corrected chi connectivity index (χ1v) is 7.36. The first-order valence-electron chi connectivity index (χ1n) is 5.05. The molecule has 90 valence electrons. The van der Waals surface area contributed by atoms with E-state index < -0.39 is 9.05 Å². The molecule has 17 heavy (non-hydrogen) atoms. The normalized spacial score (nSPS) is 11.9. The molecule has 2 aromatic rings. The molecule has 2 N–H and O–H groups in total. The van der Waals surface area contributed by atoms with Gasteiger partial charge in [-0.3, -0.25) is 0 Å². The van der Waals surface area contributed by atoms with Crippen LogP contribution in [0.3, 0.4) is 0 Å². The van der Waals surface area contributed by atoms with Gasteiger partial charge in [0.2, 0.25) is 0 Å². The Bertz CT molecular complexity index is 708. The maximum absolute atomic E-state index is 11.5. The SMILES string of the molecule is Cc1cc2c(S(=O)(=O)Cl)cccc2c(N)c1C. The largest absolute Gasteiger partial charge is 0.398 e. The van der Waals surface area contributed by atoms with Gasteiger partial charge in [0.05, 0.1) is 4.90 Å². The number of hydrogen-bond donors (Lipinski definition) is 1. The predicted molar refractivity (Wildman–Crippen MR) is 70.9 cm³/mol. The van der Waals surface area contributed by atoms with Crippen LogP contribution in [0.4, 0.5) is 5.69 Å². The van der Waals surface area contributed by atoms with E-state index in [2.05, 4.69) is 0 Å². The van der Waals surface area contributed by atoms with Crippen LogP contribution < -0.4 is 5.73 Å². The fourth-order valence-electron chi connectivity index (χ4n) is 1.88. The molecule has 2 rings (SSSR count). The Balaban J connectivity index is 3.02. The van der Waals surface area contributed by atoms with E-state index in [4.69, 9.17) is 16.4 Å². The third-order valence-corrected chi connectivity index (χ3v) is 4.36. The lowest BCUT2D eigenvalue weighted by atomic mass is 10.0. The van der Waals surface area contributed by atoms with Crippen LogP contribution in [-0.4, -0.2) is 8.42 Å². The summed E-state index contributed by atoms with van der Waals surface area (Å²) in [5.74, 6) is 0. The van der Waals surface area contributed by atoms with E-state index in [-0.39, 0.29) is 4.90 Å². The fraction of sp³-hybridized carbons (Fsp3) is 0.167. The first kappa shape index (κ1) is 12.2. The van der Waals surface area contributed by atoms with Gasteiger partial charge in [-0.2, -0.15) is 0 Å². The van der Waals surface area contributed by atoms with Crippen molar-refractivity contribution in [3.05, 3.63) is 35.4 Å². The molecule has 0 spiro atoms. The summed E-state index contributed by atoms with van der Waals surface area (Å²) in [6.07, 6.45) is 0. The average Bonchev–Trinajstić information content (AvgIpc) is 2.24. The van der Waals surface area contributed by atoms with E-state index in [9.17, 15) is 8.42 Å². The highest BCUT2D eigenvalue weighted by molar-refractivity contribution is 8.14. The van der Waals surface area contributed by atoms with Crippen molar-refractivity contribution >= 4 is 36.2 Å². The zero-order chi connectivity index (χ0) is 12.8. The molecule has 2 aromatic carbocycles. The predicted octanol–water partition coefficient (Wildman–Crippen LogP) is 2.97. The molecule has 0 bridgehead atoms. The quantitative estimate of drug-likeness (QED) is 0.640. The summed E-state index contributed by atoms with van der Waals surface area (Å²) in [5.41, 5.74) is 8.50. The van der Waals surface area contributed by atoms with Crippen molar-refractivity contribution in [2.75, 3.05) is 5.73 Å². The van der Waals surface area contributed by atoms with Crippen molar-refractivity contribution in [2.45, 2.75) is 18.7 Å². The molecule has 0 aliphatic heterocycles. The summed E-state index contributed by atoms with van der Waals surface area (Å²) in [7, 11) is 1.65. The highest BCUT2D eigenvalue weighted by Gasteiger charge is 2.16. The average molecular weight is 270 g/mol. The van der Waals surface area contributed by atoms with Crippen LogP contribution >= 0.6 is 10.7 Å². The molecule has 0 saturated carbocycles. The highest BCUT2D eigenvalue weighted by Crippen LogP contribution is 2.32. The smallest absolute Gasteiger partial charge is 0.261 e. The zero-order valence-electron chi connectivity index (χ0n) is 9.49. The summed E-state index contributed by atoms with van der Waals surface area (Å²) in [6, 6.07) is 6.72. The van der Waals surface area contributed by atoms with Gasteiger partial charge in [-0.05, 0) is 37.1 Å². The molecule has 0 unspecified atom stereocenters. The van der Waals surface area contributed by atoms with E-state index in [1.165, 1.54) is 6.07 Å². The number of rotatable bonds is 1. The fourth-order valence-corrected chi connectivity index (χ4v) is 2.96. The summed E-state index contributed by atoms with van der Waals surface area (Å²) < 4.78 is 23.0. The Labute approximate surface area is 105 Å². The molecular weight excluding hydrogens is 258 g/mol. The van der Waals surface area contributed by atoms with Crippen LogP contribution in [-0.2, 0) is 9.05 Å². The zero-order valence-corrected chi connectivity index (χ0v) is 11.1. The van der Waals surface area contributed by atoms with Crippen molar-refractivity contribution in [2.24, 2.45) is 0 Å². The minimum absolute atomic E-state index is 0.103. The van der Waals surface area contributed by atoms with Crippen LogP contribution in [0.5, 0.6) is 0 Å².